The molecule has 0 heterocycles. The third-order valence-corrected chi connectivity index (χ3v) is 1.91. The first-order valence-electron chi connectivity index (χ1n) is 6.39. The van der Waals surface area contributed by atoms with Crippen molar-refractivity contribution < 1.29 is 24.1 Å². The van der Waals surface area contributed by atoms with E-state index in [1.165, 1.54) is 0 Å². The number of rotatable bonds is 8. The van der Waals surface area contributed by atoms with Crippen LogP contribution in [0.15, 0.2) is 0 Å². The van der Waals surface area contributed by atoms with Gasteiger partial charge in [-0.25, -0.2) is 4.79 Å². The SMILES string of the molecule is CCCCOC(=O)CCCC(=O)OOC(C)(C)C. The molecule has 0 atom stereocenters. The van der Waals surface area contributed by atoms with Gasteiger partial charge in [-0.15, -0.1) is 0 Å². The first-order valence-corrected chi connectivity index (χ1v) is 6.39. The number of unbranched alkanes of at least 4 members (excludes halogenated alkanes) is 1. The lowest BCUT2D eigenvalue weighted by Crippen LogP contribution is -2.21. The van der Waals surface area contributed by atoms with Crippen molar-refractivity contribution >= 4 is 11.9 Å². The lowest BCUT2D eigenvalue weighted by Gasteiger charge is -2.16. The van der Waals surface area contributed by atoms with Crippen LogP contribution in [0.5, 0.6) is 0 Å². The fourth-order valence-electron chi connectivity index (χ4n) is 0.993. The van der Waals surface area contributed by atoms with Gasteiger partial charge in [0.1, 0.15) is 5.60 Å². The first kappa shape index (κ1) is 16.9. The van der Waals surface area contributed by atoms with Gasteiger partial charge in [0, 0.05) is 12.8 Å². The summed E-state index contributed by atoms with van der Waals surface area (Å²) in [6.45, 7) is 7.83. The summed E-state index contributed by atoms with van der Waals surface area (Å²) in [6.07, 6.45) is 2.65. The highest BCUT2D eigenvalue weighted by molar-refractivity contribution is 5.72. The summed E-state index contributed by atoms with van der Waals surface area (Å²) >= 11 is 0. The molecular formula is C13H24O5. The standard InChI is InChI=1S/C13H24O5/c1-5-6-10-16-11(14)8-7-9-12(15)17-18-13(2,3)4/h5-10H2,1-4H3. The predicted octanol–water partition coefficient (Wildman–Crippen LogP) is 2.77. The number of ether oxygens (including phenoxy) is 1. The third kappa shape index (κ3) is 11.4. The molecule has 0 radical (unpaired) electrons. The van der Waals surface area contributed by atoms with E-state index in [0.29, 0.717) is 13.0 Å². The van der Waals surface area contributed by atoms with Crippen LogP contribution in [0.1, 0.15) is 59.8 Å². The average Bonchev–Trinajstić information content (AvgIpc) is 2.26. The molecule has 0 bridgehead atoms. The average molecular weight is 260 g/mol. The molecule has 0 aromatic carbocycles. The van der Waals surface area contributed by atoms with Gasteiger partial charge in [0.05, 0.1) is 6.61 Å². The molecule has 0 saturated carbocycles. The second-order valence-electron chi connectivity index (χ2n) is 5.08. The van der Waals surface area contributed by atoms with Crippen molar-refractivity contribution in [3.8, 4) is 0 Å². The fraction of sp³-hybridized carbons (Fsp3) is 0.846. The Bertz CT molecular complexity index is 255. The van der Waals surface area contributed by atoms with Crippen molar-refractivity contribution in [3.05, 3.63) is 0 Å². The maximum atomic E-state index is 11.2. The van der Waals surface area contributed by atoms with E-state index in [1.807, 2.05) is 6.92 Å². The highest BCUT2D eigenvalue weighted by atomic mass is 17.2. The second kappa shape index (κ2) is 8.91. The van der Waals surface area contributed by atoms with E-state index in [0.717, 1.165) is 12.8 Å². The summed E-state index contributed by atoms with van der Waals surface area (Å²) in [5, 5.41) is 0. The Kier molecular flexibility index (Phi) is 8.37. The van der Waals surface area contributed by atoms with Gasteiger partial charge in [0.15, 0.2) is 0 Å². The molecule has 0 aliphatic rings. The van der Waals surface area contributed by atoms with Gasteiger partial charge < -0.3 is 4.74 Å². The highest BCUT2D eigenvalue weighted by Gasteiger charge is 2.15. The minimum Gasteiger partial charge on any atom is -0.466 e. The van der Waals surface area contributed by atoms with Crippen molar-refractivity contribution in [2.45, 2.75) is 65.4 Å². The van der Waals surface area contributed by atoms with Crippen LogP contribution in [-0.2, 0) is 24.1 Å². The minimum atomic E-state index is -0.519. The fourth-order valence-corrected chi connectivity index (χ4v) is 0.993. The molecule has 106 valence electrons. The molecule has 0 unspecified atom stereocenters. The molecule has 0 amide bonds. The zero-order valence-electron chi connectivity index (χ0n) is 11.8. The maximum absolute atomic E-state index is 11.2. The number of hydrogen-bond donors (Lipinski definition) is 0. The molecule has 0 spiro atoms. The number of hydrogen-bond acceptors (Lipinski definition) is 5. The predicted molar refractivity (Wildman–Crippen MR) is 66.6 cm³/mol. The summed E-state index contributed by atoms with van der Waals surface area (Å²) in [5.41, 5.74) is -0.519. The normalized spacial score (nSPS) is 11.1. The van der Waals surface area contributed by atoms with E-state index in [2.05, 4.69) is 4.89 Å². The minimum absolute atomic E-state index is 0.152. The molecule has 0 N–H and O–H groups in total. The van der Waals surface area contributed by atoms with Crippen LogP contribution >= 0.6 is 0 Å². The summed E-state index contributed by atoms with van der Waals surface area (Å²) in [7, 11) is 0. The van der Waals surface area contributed by atoms with Crippen molar-refractivity contribution in [3.63, 3.8) is 0 Å². The lowest BCUT2D eigenvalue weighted by atomic mass is 10.2. The van der Waals surface area contributed by atoms with Crippen molar-refractivity contribution in [2.24, 2.45) is 0 Å². The summed E-state index contributed by atoms with van der Waals surface area (Å²) in [6, 6.07) is 0. The Morgan fingerprint density at radius 3 is 2.17 bits per heavy atom. The molecule has 0 aliphatic carbocycles. The van der Waals surface area contributed by atoms with E-state index < -0.39 is 11.6 Å². The summed E-state index contributed by atoms with van der Waals surface area (Å²) in [4.78, 5) is 31.9. The Hall–Kier alpha value is -1.10. The Balaban J connectivity index is 3.53. The quantitative estimate of drug-likeness (QED) is 0.290. The van der Waals surface area contributed by atoms with Crippen LogP contribution < -0.4 is 0 Å². The molecule has 5 nitrogen and oxygen atoms in total. The Labute approximate surface area is 109 Å². The van der Waals surface area contributed by atoms with Gasteiger partial charge in [-0.2, -0.15) is 4.89 Å². The maximum Gasteiger partial charge on any atom is 0.342 e. The largest absolute Gasteiger partial charge is 0.466 e. The molecule has 0 aromatic rings. The molecule has 0 aromatic heterocycles. The monoisotopic (exact) mass is 260 g/mol. The van der Waals surface area contributed by atoms with Gasteiger partial charge >= 0.3 is 11.9 Å². The van der Waals surface area contributed by atoms with Crippen LogP contribution in [0.3, 0.4) is 0 Å². The number of carbonyl (C=O) groups is 2. The topological polar surface area (TPSA) is 61.8 Å². The zero-order chi connectivity index (χ0) is 14.0. The van der Waals surface area contributed by atoms with Crippen molar-refractivity contribution in [2.75, 3.05) is 6.61 Å². The van der Waals surface area contributed by atoms with Gasteiger partial charge in [-0.3, -0.25) is 9.68 Å². The number of esters is 1. The van der Waals surface area contributed by atoms with E-state index >= 15 is 0 Å². The van der Waals surface area contributed by atoms with Crippen molar-refractivity contribution in [1.29, 1.82) is 0 Å². The molecule has 0 fully saturated rings. The Morgan fingerprint density at radius 1 is 1.00 bits per heavy atom. The van der Waals surface area contributed by atoms with Crippen LogP contribution in [0, 0.1) is 0 Å². The van der Waals surface area contributed by atoms with Gasteiger partial charge in [-0.1, -0.05) is 13.3 Å². The van der Waals surface area contributed by atoms with E-state index in [-0.39, 0.29) is 18.8 Å². The zero-order valence-corrected chi connectivity index (χ0v) is 11.8. The summed E-state index contributed by atoms with van der Waals surface area (Å²) < 4.78 is 4.96. The Morgan fingerprint density at radius 2 is 1.61 bits per heavy atom. The van der Waals surface area contributed by atoms with E-state index in [1.54, 1.807) is 20.8 Å². The van der Waals surface area contributed by atoms with Gasteiger partial charge in [0.2, 0.25) is 0 Å². The lowest BCUT2D eigenvalue weighted by molar-refractivity contribution is -0.320. The van der Waals surface area contributed by atoms with Gasteiger partial charge in [0.25, 0.3) is 0 Å². The highest BCUT2D eigenvalue weighted by Crippen LogP contribution is 2.09. The smallest absolute Gasteiger partial charge is 0.342 e. The molecule has 0 saturated heterocycles. The molecule has 0 aliphatic heterocycles. The van der Waals surface area contributed by atoms with Gasteiger partial charge in [-0.05, 0) is 33.6 Å². The van der Waals surface area contributed by atoms with Crippen LogP contribution in [-0.4, -0.2) is 24.1 Å². The third-order valence-electron chi connectivity index (χ3n) is 1.91. The van der Waals surface area contributed by atoms with Crippen LogP contribution in [0.4, 0.5) is 0 Å². The molecule has 18 heavy (non-hydrogen) atoms. The molecule has 5 heteroatoms. The van der Waals surface area contributed by atoms with E-state index in [9.17, 15) is 9.59 Å². The molecular weight excluding hydrogens is 236 g/mol. The van der Waals surface area contributed by atoms with Crippen LogP contribution in [0.2, 0.25) is 0 Å². The number of carbonyl (C=O) groups excluding carboxylic acids is 2. The van der Waals surface area contributed by atoms with Crippen molar-refractivity contribution in [1.82, 2.24) is 0 Å². The second-order valence-corrected chi connectivity index (χ2v) is 5.08. The first-order chi connectivity index (χ1) is 8.35. The van der Waals surface area contributed by atoms with E-state index in [4.69, 9.17) is 9.62 Å². The molecule has 0 rings (SSSR count). The summed E-state index contributed by atoms with van der Waals surface area (Å²) in [5.74, 6) is -0.737. The van der Waals surface area contributed by atoms with Crippen LogP contribution in [0.25, 0.3) is 0 Å².